The van der Waals surface area contributed by atoms with Crippen LogP contribution in [0, 0.1) is 5.92 Å². The van der Waals surface area contributed by atoms with Gasteiger partial charge in [0.2, 0.25) is 5.91 Å². The zero-order chi connectivity index (χ0) is 11.8. The molecule has 1 atom stereocenters. The first kappa shape index (κ1) is 11.0. The minimum atomic E-state index is -4.40. The number of hydrogen-bond donors (Lipinski definition) is 0. The van der Waals surface area contributed by atoms with E-state index in [1.807, 2.05) is 6.07 Å². The summed E-state index contributed by atoms with van der Waals surface area (Å²) in [5.74, 6) is -2.62. The fourth-order valence-corrected chi connectivity index (χ4v) is 1.69. The van der Waals surface area contributed by atoms with E-state index in [9.17, 15) is 18.0 Å². The molecule has 1 amide bonds. The Hall–Kier alpha value is -1.52. The molecule has 0 bridgehead atoms. The molecule has 1 aliphatic rings. The zero-order valence-corrected chi connectivity index (χ0v) is 8.37. The number of nitrogens with zero attached hydrogens (tertiary/aromatic N) is 1. The molecule has 0 unspecified atom stereocenters. The largest absolute Gasteiger partial charge is 0.402 e. The zero-order valence-electron chi connectivity index (χ0n) is 8.37. The van der Waals surface area contributed by atoms with Gasteiger partial charge in [0.15, 0.2) is 5.92 Å². The number of β-lactam (4-membered cyclic amide) rings is 1. The van der Waals surface area contributed by atoms with Gasteiger partial charge >= 0.3 is 6.18 Å². The molecule has 2 nitrogen and oxygen atoms in total. The molecule has 1 heterocycles. The Morgan fingerprint density at radius 1 is 1.25 bits per heavy atom. The van der Waals surface area contributed by atoms with Crippen molar-refractivity contribution in [3.05, 3.63) is 35.9 Å². The summed E-state index contributed by atoms with van der Waals surface area (Å²) in [5, 5.41) is 0. The molecular formula is C11H10F3NO. The molecule has 1 aromatic carbocycles. The standard InChI is InChI=1S/C11H10F3NO/c12-11(13,14)9-7-15(10(9)16)6-8-4-2-1-3-5-8/h1-5,9H,6-7H2/t9-/m0/s1. The van der Waals surface area contributed by atoms with E-state index in [1.54, 1.807) is 24.3 Å². The molecule has 0 radical (unpaired) electrons. The number of benzene rings is 1. The Balaban J connectivity index is 1.95. The second-order valence-electron chi connectivity index (χ2n) is 3.80. The van der Waals surface area contributed by atoms with Crippen LogP contribution < -0.4 is 0 Å². The molecule has 0 N–H and O–H groups in total. The molecular weight excluding hydrogens is 219 g/mol. The summed E-state index contributed by atoms with van der Waals surface area (Å²) < 4.78 is 36.6. The summed E-state index contributed by atoms with van der Waals surface area (Å²) in [6.07, 6.45) is -4.40. The molecule has 1 fully saturated rings. The first-order chi connectivity index (χ1) is 7.48. The van der Waals surface area contributed by atoms with Crippen molar-refractivity contribution in [2.24, 2.45) is 5.92 Å². The first-order valence-electron chi connectivity index (χ1n) is 4.88. The van der Waals surface area contributed by atoms with Gasteiger partial charge in [0.25, 0.3) is 0 Å². The fraction of sp³-hybridized carbons (Fsp3) is 0.364. The quantitative estimate of drug-likeness (QED) is 0.712. The summed E-state index contributed by atoms with van der Waals surface area (Å²) in [5.41, 5.74) is 0.844. The number of carbonyl (C=O) groups excluding carboxylic acids is 1. The van der Waals surface area contributed by atoms with E-state index in [0.717, 1.165) is 5.56 Å². The summed E-state index contributed by atoms with van der Waals surface area (Å²) in [6.45, 7) is 0.0312. The van der Waals surface area contributed by atoms with Crippen molar-refractivity contribution in [3.8, 4) is 0 Å². The highest BCUT2D eigenvalue weighted by molar-refractivity contribution is 5.85. The van der Waals surface area contributed by atoms with Crippen LogP contribution in [0.5, 0.6) is 0 Å². The van der Waals surface area contributed by atoms with Crippen molar-refractivity contribution in [2.45, 2.75) is 12.7 Å². The number of halogens is 3. The predicted octanol–water partition coefficient (Wildman–Crippen LogP) is 2.21. The van der Waals surface area contributed by atoms with E-state index < -0.39 is 18.0 Å². The van der Waals surface area contributed by atoms with Crippen LogP contribution in [-0.2, 0) is 11.3 Å². The SMILES string of the molecule is O=C1[C@@H](C(F)(F)F)CN1Cc1ccccc1. The van der Waals surface area contributed by atoms with Crippen molar-refractivity contribution in [2.75, 3.05) is 6.54 Å². The Kier molecular flexibility index (Phi) is 2.61. The molecule has 1 saturated heterocycles. The van der Waals surface area contributed by atoms with Crippen molar-refractivity contribution in [1.29, 1.82) is 0 Å². The van der Waals surface area contributed by atoms with E-state index in [2.05, 4.69) is 0 Å². The van der Waals surface area contributed by atoms with Gasteiger partial charge in [-0.2, -0.15) is 13.2 Å². The number of rotatable bonds is 2. The maximum atomic E-state index is 12.2. The molecule has 0 aliphatic carbocycles. The summed E-state index contributed by atoms with van der Waals surface area (Å²) in [7, 11) is 0. The van der Waals surface area contributed by atoms with Crippen LogP contribution in [-0.4, -0.2) is 23.5 Å². The minimum Gasteiger partial charge on any atom is -0.337 e. The molecule has 5 heteroatoms. The predicted molar refractivity (Wildman–Crippen MR) is 51.4 cm³/mol. The van der Waals surface area contributed by atoms with Gasteiger partial charge in [-0.15, -0.1) is 0 Å². The van der Waals surface area contributed by atoms with Gasteiger partial charge in [0, 0.05) is 13.1 Å². The van der Waals surface area contributed by atoms with Gasteiger partial charge in [0.05, 0.1) is 0 Å². The van der Waals surface area contributed by atoms with Crippen molar-refractivity contribution in [1.82, 2.24) is 4.90 Å². The van der Waals surface area contributed by atoms with Crippen molar-refractivity contribution in [3.63, 3.8) is 0 Å². The third-order valence-corrected chi connectivity index (χ3v) is 2.62. The van der Waals surface area contributed by atoms with E-state index in [-0.39, 0.29) is 13.1 Å². The van der Waals surface area contributed by atoms with Crippen molar-refractivity contribution >= 4 is 5.91 Å². The lowest BCUT2D eigenvalue weighted by atomic mass is 9.97. The average molecular weight is 229 g/mol. The third kappa shape index (κ3) is 2.03. The highest BCUT2D eigenvalue weighted by Gasteiger charge is 2.53. The Bertz CT molecular complexity index is 388. The number of likely N-dealkylation sites (tertiary alicyclic amines) is 1. The van der Waals surface area contributed by atoms with E-state index in [4.69, 9.17) is 0 Å². The van der Waals surface area contributed by atoms with Crippen LogP contribution in [0.2, 0.25) is 0 Å². The average Bonchev–Trinajstić information content (AvgIpc) is 2.23. The Morgan fingerprint density at radius 3 is 2.38 bits per heavy atom. The van der Waals surface area contributed by atoms with Gasteiger partial charge in [-0.1, -0.05) is 30.3 Å². The maximum Gasteiger partial charge on any atom is 0.402 e. The lowest BCUT2D eigenvalue weighted by Gasteiger charge is -2.39. The fourth-order valence-electron chi connectivity index (χ4n) is 1.69. The van der Waals surface area contributed by atoms with Crippen LogP contribution in [0.15, 0.2) is 30.3 Å². The molecule has 0 aromatic heterocycles. The maximum absolute atomic E-state index is 12.2. The first-order valence-corrected chi connectivity index (χ1v) is 4.88. The van der Waals surface area contributed by atoms with Crippen LogP contribution in [0.25, 0.3) is 0 Å². The van der Waals surface area contributed by atoms with E-state index in [0.29, 0.717) is 0 Å². The van der Waals surface area contributed by atoms with Gasteiger partial charge in [-0.3, -0.25) is 4.79 Å². The summed E-state index contributed by atoms with van der Waals surface area (Å²) in [6, 6.07) is 8.98. The highest BCUT2D eigenvalue weighted by atomic mass is 19.4. The molecule has 1 aromatic rings. The molecule has 0 spiro atoms. The third-order valence-electron chi connectivity index (χ3n) is 2.62. The van der Waals surface area contributed by atoms with Crippen LogP contribution in [0.4, 0.5) is 13.2 Å². The molecule has 1 aliphatic heterocycles. The van der Waals surface area contributed by atoms with Gasteiger partial charge in [-0.25, -0.2) is 0 Å². The second-order valence-corrected chi connectivity index (χ2v) is 3.80. The van der Waals surface area contributed by atoms with Crippen LogP contribution in [0.1, 0.15) is 5.56 Å². The lowest BCUT2D eigenvalue weighted by molar-refractivity contribution is -0.213. The molecule has 16 heavy (non-hydrogen) atoms. The topological polar surface area (TPSA) is 20.3 Å². The number of hydrogen-bond acceptors (Lipinski definition) is 1. The number of carbonyl (C=O) groups is 1. The van der Waals surface area contributed by atoms with Crippen molar-refractivity contribution < 1.29 is 18.0 Å². The second kappa shape index (κ2) is 3.81. The van der Waals surface area contributed by atoms with Gasteiger partial charge in [-0.05, 0) is 5.56 Å². The smallest absolute Gasteiger partial charge is 0.337 e. The summed E-state index contributed by atoms with van der Waals surface area (Å²) in [4.78, 5) is 12.4. The molecule has 0 saturated carbocycles. The monoisotopic (exact) mass is 229 g/mol. The molecule has 86 valence electrons. The number of alkyl halides is 3. The van der Waals surface area contributed by atoms with Gasteiger partial charge in [0.1, 0.15) is 0 Å². The normalized spacial score (nSPS) is 20.8. The van der Waals surface area contributed by atoms with E-state index >= 15 is 0 Å². The van der Waals surface area contributed by atoms with Crippen LogP contribution >= 0.6 is 0 Å². The lowest BCUT2D eigenvalue weighted by Crippen LogP contribution is -2.57. The molecule has 2 rings (SSSR count). The Labute approximate surface area is 90.7 Å². The Morgan fingerprint density at radius 2 is 1.88 bits per heavy atom. The van der Waals surface area contributed by atoms with E-state index in [1.165, 1.54) is 4.90 Å². The number of amides is 1. The van der Waals surface area contributed by atoms with Crippen LogP contribution in [0.3, 0.4) is 0 Å². The van der Waals surface area contributed by atoms with Gasteiger partial charge < -0.3 is 4.90 Å². The highest BCUT2D eigenvalue weighted by Crippen LogP contribution is 2.35. The minimum absolute atomic E-state index is 0.225. The summed E-state index contributed by atoms with van der Waals surface area (Å²) >= 11 is 0.